The van der Waals surface area contributed by atoms with E-state index < -0.39 is 0 Å². The summed E-state index contributed by atoms with van der Waals surface area (Å²) in [5.74, 6) is 1.28. The zero-order valence-electron chi connectivity index (χ0n) is 8.87. The molecule has 2 nitrogen and oxygen atoms in total. The number of nitrogens with one attached hydrogen (secondary N) is 1. The summed E-state index contributed by atoms with van der Waals surface area (Å²) in [6.45, 7) is 1.41. The monoisotopic (exact) mass is 209 g/mol. The minimum Gasteiger partial charge on any atom is -0.497 e. The molecule has 2 unspecified atom stereocenters. The van der Waals surface area contributed by atoms with E-state index in [-0.39, 0.29) is 12.6 Å². The molecule has 1 aromatic rings. The van der Waals surface area contributed by atoms with Gasteiger partial charge in [0.25, 0.3) is 0 Å². The molecule has 1 aliphatic rings. The fourth-order valence-electron chi connectivity index (χ4n) is 2.14. The van der Waals surface area contributed by atoms with Gasteiger partial charge in [0.05, 0.1) is 13.8 Å². The topological polar surface area (TPSA) is 21.3 Å². The Hall–Kier alpha value is -1.09. The summed E-state index contributed by atoms with van der Waals surface area (Å²) in [6, 6.07) is 7.92. The lowest BCUT2D eigenvalue weighted by Crippen LogP contribution is -2.12. The van der Waals surface area contributed by atoms with E-state index in [0.717, 1.165) is 18.8 Å². The molecule has 0 aliphatic carbocycles. The van der Waals surface area contributed by atoms with Crippen LogP contribution in [-0.2, 0) is 0 Å². The Balaban J connectivity index is 2.14. The van der Waals surface area contributed by atoms with Crippen LogP contribution < -0.4 is 10.1 Å². The van der Waals surface area contributed by atoms with Crippen LogP contribution in [0.2, 0.25) is 0 Å². The molecule has 2 atom stereocenters. The number of benzene rings is 1. The van der Waals surface area contributed by atoms with Crippen molar-refractivity contribution in [2.75, 3.05) is 26.9 Å². The third-order valence-electron chi connectivity index (χ3n) is 3.08. The average molecular weight is 209 g/mol. The van der Waals surface area contributed by atoms with E-state index in [1.54, 1.807) is 7.11 Å². The molecule has 0 amide bonds. The summed E-state index contributed by atoms with van der Waals surface area (Å²) < 4.78 is 17.8. The maximum atomic E-state index is 12.7. The summed E-state index contributed by atoms with van der Waals surface area (Å²) in [5, 5.41) is 3.23. The summed E-state index contributed by atoms with van der Waals surface area (Å²) in [5.41, 5.74) is 1.20. The van der Waals surface area contributed by atoms with Crippen LogP contribution in [0.5, 0.6) is 5.75 Å². The third kappa shape index (κ3) is 2.12. The van der Waals surface area contributed by atoms with Crippen LogP contribution in [-0.4, -0.2) is 26.9 Å². The van der Waals surface area contributed by atoms with E-state index in [9.17, 15) is 4.39 Å². The van der Waals surface area contributed by atoms with Crippen molar-refractivity contribution >= 4 is 0 Å². The second-order valence-corrected chi connectivity index (χ2v) is 3.95. The number of halogens is 1. The van der Waals surface area contributed by atoms with Crippen molar-refractivity contribution in [3.63, 3.8) is 0 Å². The molecule has 82 valence electrons. The van der Waals surface area contributed by atoms with Gasteiger partial charge < -0.3 is 10.1 Å². The predicted octanol–water partition coefficient (Wildman–Crippen LogP) is 1.97. The van der Waals surface area contributed by atoms with E-state index >= 15 is 0 Å². The number of alkyl halides is 1. The molecule has 1 fully saturated rings. The van der Waals surface area contributed by atoms with E-state index in [0.29, 0.717) is 5.92 Å². The van der Waals surface area contributed by atoms with Crippen LogP contribution in [0.1, 0.15) is 11.5 Å². The van der Waals surface area contributed by atoms with Crippen LogP contribution in [0.25, 0.3) is 0 Å². The lowest BCUT2D eigenvalue weighted by Gasteiger charge is -2.15. The largest absolute Gasteiger partial charge is 0.497 e. The van der Waals surface area contributed by atoms with Crippen LogP contribution in [0.4, 0.5) is 4.39 Å². The van der Waals surface area contributed by atoms with E-state index in [2.05, 4.69) is 5.32 Å². The molecule has 0 bridgehead atoms. The van der Waals surface area contributed by atoms with Crippen LogP contribution in [0.3, 0.4) is 0 Å². The van der Waals surface area contributed by atoms with Crippen molar-refractivity contribution in [1.82, 2.24) is 5.32 Å². The first-order chi connectivity index (χ1) is 7.35. The fourth-order valence-corrected chi connectivity index (χ4v) is 2.14. The lowest BCUT2D eigenvalue weighted by atomic mass is 9.90. The van der Waals surface area contributed by atoms with Crippen molar-refractivity contribution in [1.29, 1.82) is 0 Å². The van der Waals surface area contributed by atoms with E-state index in [1.807, 2.05) is 24.3 Å². The molecule has 0 radical (unpaired) electrons. The average Bonchev–Trinajstić information content (AvgIpc) is 2.77. The molecule has 1 aliphatic heterocycles. The quantitative estimate of drug-likeness (QED) is 0.821. The number of rotatable bonds is 3. The van der Waals surface area contributed by atoms with Gasteiger partial charge in [0.15, 0.2) is 0 Å². The standard InChI is InChI=1S/C12H16FNO/c1-15-11-4-2-9(3-5-11)12-8-14-7-10(12)6-13/h2-5,10,12,14H,6-8H2,1H3. The maximum Gasteiger partial charge on any atom is 0.118 e. The number of hydrogen-bond donors (Lipinski definition) is 1. The van der Waals surface area contributed by atoms with Gasteiger partial charge in [-0.1, -0.05) is 12.1 Å². The molecular formula is C12H16FNO. The summed E-state index contributed by atoms with van der Waals surface area (Å²) in [4.78, 5) is 0. The third-order valence-corrected chi connectivity index (χ3v) is 3.08. The second kappa shape index (κ2) is 4.62. The van der Waals surface area contributed by atoms with Crippen molar-refractivity contribution in [2.24, 2.45) is 5.92 Å². The number of ether oxygens (including phenoxy) is 1. The molecule has 1 heterocycles. The Morgan fingerprint density at radius 1 is 1.33 bits per heavy atom. The normalized spacial score (nSPS) is 25.5. The zero-order chi connectivity index (χ0) is 10.7. The van der Waals surface area contributed by atoms with Gasteiger partial charge in [-0.3, -0.25) is 4.39 Å². The van der Waals surface area contributed by atoms with Gasteiger partial charge in [-0.2, -0.15) is 0 Å². The molecule has 0 saturated carbocycles. The lowest BCUT2D eigenvalue weighted by molar-refractivity contribution is 0.358. The van der Waals surface area contributed by atoms with Crippen molar-refractivity contribution in [3.05, 3.63) is 29.8 Å². The van der Waals surface area contributed by atoms with Crippen molar-refractivity contribution in [2.45, 2.75) is 5.92 Å². The zero-order valence-corrected chi connectivity index (χ0v) is 8.87. The van der Waals surface area contributed by atoms with E-state index in [1.165, 1.54) is 5.56 Å². The Morgan fingerprint density at radius 3 is 2.67 bits per heavy atom. The first-order valence-corrected chi connectivity index (χ1v) is 5.25. The van der Waals surface area contributed by atoms with Crippen molar-refractivity contribution < 1.29 is 9.13 Å². The van der Waals surface area contributed by atoms with Crippen LogP contribution in [0, 0.1) is 5.92 Å². The van der Waals surface area contributed by atoms with Gasteiger partial charge in [-0.25, -0.2) is 0 Å². The Morgan fingerprint density at radius 2 is 2.07 bits per heavy atom. The minimum atomic E-state index is -0.246. The Kier molecular flexibility index (Phi) is 3.21. The highest BCUT2D eigenvalue weighted by Crippen LogP contribution is 2.29. The van der Waals surface area contributed by atoms with E-state index in [4.69, 9.17) is 4.74 Å². The smallest absolute Gasteiger partial charge is 0.118 e. The molecule has 1 N–H and O–H groups in total. The van der Waals surface area contributed by atoms with Crippen LogP contribution in [0.15, 0.2) is 24.3 Å². The first kappa shape index (κ1) is 10.4. The SMILES string of the molecule is COc1ccc(C2CNCC2CF)cc1. The second-order valence-electron chi connectivity index (χ2n) is 3.95. The van der Waals surface area contributed by atoms with Crippen LogP contribution >= 0.6 is 0 Å². The molecule has 1 saturated heterocycles. The molecule has 2 rings (SSSR count). The van der Waals surface area contributed by atoms with Gasteiger partial charge in [0, 0.05) is 24.9 Å². The highest BCUT2D eigenvalue weighted by Gasteiger charge is 2.28. The summed E-state index contributed by atoms with van der Waals surface area (Å²) in [6.07, 6.45) is 0. The molecule has 3 heteroatoms. The van der Waals surface area contributed by atoms with Crippen molar-refractivity contribution in [3.8, 4) is 5.75 Å². The number of methoxy groups -OCH3 is 1. The first-order valence-electron chi connectivity index (χ1n) is 5.25. The predicted molar refractivity (Wildman–Crippen MR) is 58.1 cm³/mol. The minimum absolute atomic E-state index is 0.124. The Labute approximate surface area is 89.4 Å². The van der Waals surface area contributed by atoms with Gasteiger partial charge in [0.2, 0.25) is 0 Å². The van der Waals surface area contributed by atoms with Gasteiger partial charge in [-0.15, -0.1) is 0 Å². The Bertz CT molecular complexity index is 312. The molecule has 0 aromatic heterocycles. The fraction of sp³-hybridized carbons (Fsp3) is 0.500. The molecule has 1 aromatic carbocycles. The molecular weight excluding hydrogens is 193 g/mol. The highest BCUT2D eigenvalue weighted by atomic mass is 19.1. The highest BCUT2D eigenvalue weighted by molar-refractivity contribution is 5.30. The van der Waals surface area contributed by atoms with Gasteiger partial charge in [-0.05, 0) is 17.7 Å². The van der Waals surface area contributed by atoms with Gasteiger partial charge in [0.1, 0.15) is 5.75 Å². The molecule has 15 heavy (non-hydrogen) atoms. The number of hydrogen-bond acceptors (Lipinski definition) is 2. The summed E-state index contributed by atoms with van der Waals surface area (Å²) >= 11 is 0. The molecule has 0 spiro atoms. The summed E-state index contributed by atoms with van der Waals surface area (Å²) in [7, 11) is 1.65. The maximum absolute atomic E-state index is 12.7. The van der Waals surface area contributed by atoms with Gasteiger partial charge >= 0.3 is 0 Å².